The van der Waals surface area contributed by atoms with Gasteiger partial charge in [0.25, 0.3) is 5.91 Å². The van der Waals surface area contributed by atoms with Gasteiger partial charge in [-0.25, -0.2) is 4.98 Å². The number of amides is 2. The Labute approximate surface area is 160 Å². The summed E-state index contributed by atoms with van der Waals surface area (Å²) < 4.78 is 0.985. The highest BCUT2D eigenvalue weighted by atomic mass is 32.2. The predicted molar refractivity (Wildman–Crippen MR) is 103 cm³/mol. The van der Waals surface area contributed by atoms with Crippen molar-refractivity contribution in [1.29, 1.82) is 0 Å². The first-order chi connectivity index (χ1) is 12.6. The van der Waals surface area contributed by atoms with Crippen molar-refractivity contribution in [3.8, 4) is 0 Å². The van der Waals surface area contributed by atoms with Crippen molar-refractivity contribution in [1.82, 2.24) is 15.6 Å². The van der Waals surface area contributed by atoms with Gasteiger partial charge in [-0.1, -0.05) is 23.1 Å². The Balaban J connectivity index is 1.35. The summed E-state index contributed by atoms with van der Waals surface area (Å²) in [5, 5.41) is 9.97. The Morgan fingerprint density at radius 2 is 2.08 bits per heavy atom. The molecule has 3 N–H and O–H groups in total. The second-order valence-corrected chi connectivity index (χ2v) is 9.06. The summed E-state index contributed by atoms with van der Waals surface area (Å²) in [5.41, 5.74) is 0.681. The van der Waals surface area contributed by atoms with E-state index in [1.807, 2.05) is 24.3 Å². The van der Waals surface area contributed by atoms with Crippen LogP contribution in [0.4, 0.5) is 5.13 Å². The van der Waals surface area contributed by atoms with Crippen LogP contribution in [0.25, 0.3) is 0 Å². The van der Waals surface area contributed by atoms with Crippen LogP contribution in [0.5, 0.6) is 0 Å². The van der Waals surface area contributed by atoms with Crippen molar-refractivity contribution in [2.45, 2.75) is 53.4 Å². The molecule has 3 unspecified atom stereocenters. The third kappa shape index (κ3) is 3.92. The van der Waals surface area contributed by atoms with Gasteiger partial charge in [-0.15, -0.1) is 0 Å². The number of thiazole rings is 1. The molecular weight excluding hydrogens is 368 g/mol. The fourth-order valence-corrected chi connectivity index (χ4v) is 5.44. The normalized spacial score (nSPS) is 23.8. The number of rotatable bonds is 5. The molecule has 26 heavy (non-hydrogen) atoms. The molecule has 2 bridgehead atoms. The second-order valence-electron chi connectivity index (χ2n) is 6.66. The summed E-state index contributed by atoms with van der Waals surface area (Å²) in [6.45, 7) is 1.46. The van der Waals surface area contributed by atoms with E-state index >= 15 is 0 Å². The summed E-state index contributed by atoms with van der Waals surface area (Å²) in [4.78, 5) is 28.7. The maximum absolute atomic E-state index is 12.5. The van der Waals surface area contributed by atoms with Gasteiger partial charge in [-0.3, -0.25) is 9.59 Å². The fraction of sp³-hybridized carbons (Fsp3) is 0.389. The Bertz CT molecular complexity index is 821. The second kappa shape index (κ2) is 7.38. The Morgan fingerprint density at radius 3 is 2.73 bits per heavy atom. The van der Waals surface area contributed by atoms with Gasteiger partial charge < -0.3 is 16.0 Å². The van der Waals surface area contributed by atoms with E-state index in [1.165, 1.54) is 24.7 Å². The quantitative estimate of drug-likeness (QED) is 0.734. The molecule has 2 saturated heterocycles. The van der Waals surface area contributed by atoms with E-state index in [1.54, 1.807) is 18.0 Å². The maximum Gasteiger partial charge on any atom is 0.251 e. The van der Waals surface area contributed by atoms with E-state index in [9.17, 15) is 9.59 Å². The molecule has 2 aromatic rings. The van der Waals surface area contributed by atoms with E-state index in [0.29, 0.717) is 22.8 Å². The van der Waals surface area contributed by atoms with Crippen LogP contribution in [0.3, 0.4) is 0 Å². The lowest BCUT2D eigenvalue weighted by atomic mass is 9.95. The minimum Gasteiger partial charge on any atom is -0.348 e. The molecule has 2 aliphatic heterocycles. The maximum atomic E-state index is 12.5. The van der Waals surface area contributed by atoms with Gasteiger partial charge in [-0.2, -0.15) is 0 Å². The van der Waals surface area contributed by atoms with Crippen molar-refractivity contribution in [3.05, 3.63) is 36.0 Å². The standard InChI is InChI=1S/C18H20N4O2S2/c1-10(23)20-18-19-9-16(26-18)25-13-5-2-11(3-6-13)17(24)22-15-8-12-4-7-14(15)21-12/h2-3,5-6,9,12,14-15,21H,4,7-8H2,1H3,(H,22,24)(H,19,20,23). The molecule has 2 fully saturated rings. The van der Waals surface area contributed by atoms with Crippen molar-refractivity contribution in [2.24, 2.45) is 0 Å². The number of aromatic nitrogens is 1. The zero-order valence-corrected chi connectivity index (χ0v) is 16.0. The molecule has 0 radical (unpaired) electrons. The number of fused-ring (bicyclic) bond motifs is 2. The van der Waals surface area contributed by atoms with Gasteiger partial charge in [0.05, 0.1) is 10.4 Å². The number of nitrogens with one attached hydrogen (secondary N) is 3. The minimum atomic E-state index is -0.128. The number of nitrogens with zero attached hydrogens (tertiary/aromatic N) is 1. The molecule has 3 heterocycles. The fourth-order valence-electron chi connectivity index (χ4n) is 3.54. The largest absolute Gasteiger partial charge is 0.348 e. The first kappa shape index (κ1) is 17.5. The summed E-state index contributed by atoms with van der Waals surface area (Å²) >= 11 is 2.99. The molecule has 4 rings (SSSR count). The number of carbonyl (C=O) groups is 2. The van der Waals surface area contributed by atoms with E-state index in [4.69, 9.17) is 0 Å². The Kier molecular flexibility index (Phi) is 4.97. The van der Waals surface area contributed by atoms with Gasteiger partial charge >= 0.3 is 0 Å². The molecule has 8 heteroatoms. The number of hydrogen-bond acceptors (Lipinski definition) is 6. The molecule has 0 aliphatic carbocycles. The van der Waals surface area contributed by atoms with Gasteiger partial charge in [0.15, 0.2) is 5.13 Å². The van der Waals surface area contributed by atoms with Gasteiger partial charge in [-0.05, 0) is 43.5 Å². The van der Waals surface area contributed by atoms with Crippen LogP contribution in [-0.2, 0) is 4.79 Å². The van der Waals surface area contributed by atoms with Crippen LogP contribution in [0.1, 0.15) is 36.5 Å². The van der Waals surface area contributed by atoms with Crippen LogP contribution in [0.2, 0.25) is 0 Å². The number of anilines is 1. The van der Waals surface area contributed by atoms with Crippen molar-refractivity contribution in [2.75, 3.05) is 5.32 Å². The average molecular weight is 389 g/mol. The van der Waals surface area contributed by atoms with Crippen molar-refractivity contribution in [3.63, 3.8) is 0 Å². The van der Waals surface area contributed by atoms with Crippen LogP contribution < -0.4 is 16.0 Å². The Hall–Kier alpha value is -1.90. The molecule has 2 amide bonds. The molecule has 136 valence electrons. The molecule has 1 aromatic heterocycles. The predicted octanol–water partition coefficient (Wildman–Crippen LogP) is 2.88. The van der Waals surface area contributed by atoms with Crippen LogP contribution in [0.15, 0.2) is 39.6 Å². The lowest BCUT2D eigenvalue weighted by molar-refractivity contribution is -0.114. The first-order valence-corrected chi connectivity index (χ1v) is 10.3. The lowest BCUT2D eigenvalue weighted by Crippen LogP contribution is -2.42. The lowest BCUT2D eigenvalue weighted by Gasteiger charge is -2.21. The summed E-state index contributed by atoms with van der Waals surface area (Å²) in [5.74, 6) is -0.136. The highest BCUT2D eigenvalue weighted by Gasteiger charge is 2.39. The summed E-state index contributed by atoms with van der Waals surface area (Å²) in [6, 6.07) is 8.85. The van der Waals surface area contributed by atoms with Crippen LogP contribution in [0, 0.1) is 0 Å². The van der Waals surface area contributed by atoms with Crippen LogP contribution >= 0.6 is 23.1 Å². The molecule has 6 nitrogen and oxygen atoms in total. The molecular formula is C18H20N4O2S2. The molecule has 0 saturated carbocycles. The smallest absolute Gasteiger partial charge is 0.251 e. The molecule has 0 spiro atoms. The van der Waals surface area contributed by atoms with E-state index in [0.717, 1.165) is 21.9 Å². The molecule has 1 aromatic carbocycles. The van der Waals surface area contributed by atoms with E-state index in [2.05, 4.69) is 20.9 Å². The monoisotopic (exact) mass is 388 g/mol. The number of hydrogen-bond donors (Lipinski definition) is 3. The van der Waals surface area contributed by atoms with Crippen molar-refractivity contribution < 1.29 is 9.59 Å². The zero-order valence-electron chi connectivity index (χ0n) is 14.3. The molecule has 3 atom stereocenters. The summed E-state index contributed by atoms with van der Waals surface area (Å²) in [6.07, 6.45) is 5.15. The Morgan fingerprint density at radius 1 is 1.27 bits per heavy atom. The first-order valence-electron chi connectivity index (χ1n) is 8.65. The highest BCUT2D eigenvalue weighted by Crippen LogP contribution is 2.34. The van der Waals surface area contributed by atoms with E-state index in [-0.39, 0.29) is 17.9 Å². The van der Waals surface area contributed by atoms with Crippen molar-refractivity contribution >= 4 is 40.0 Å². The van der Waals surface area contributed by atoms with E-state index < -0.39 is 0 Å². The van der Waals surface area contributed by atoms with Gasteiger partial charge in [0.1, 0.15) is 0 Å². The third-order valence-electron chi connectivity index (χ3n) is 4.72. The van der Waals surface area contributed by atoms with Gasteiger partial charge in [0.2, 0.25) is 5.91 Å². The number of benzene rings is 1. The SMILES string of the molecule is CC(=O)Nc1ncc(Sc2ccc(C(=O)NC3CC4CCC3N4)cc2)s1. The minimum absolute atomic E-state index is 0.00775. The average Bonchev–Trinajstić information content (AvgIpc) is 3.32. The number of carbonyl (C=O) groups excluding carboxylic acids is 2. The van der Waals surface area contributed by atoms with Crippen LogP contribution in [-0.4, -0.2) is 34.9 Å². The molecule has 2 aliphatic rings. The summed E-state index contributed by atoms with van der Waals surface area (Å²) in [7, 11) is 0. The highest BCUT2D eigenvalue weighted by molar-refractivity contribution is 8.01. The van der Waals surface area contributed by atoms with Gasteiger partial charge in [0, 0.05) is 35.5 Å². The topological polar surface area (TPSA) is 83.1 Å². The third-order valence-corrected chi connectivity index (χ3v) is 6.74. The zero-order chi connectivity index (χ0) is 18.1.